The van der Waals surface area contributed by atoms with Gasteiger partial charge in [0.25, 0.3) is 0 Å². The van der Waals surface area contributed by atoms with E-state index in [0.29, 0.717) is 49.9 Å². The van der Waals surface area contributed by atoms with E-state index in [1.54, 1.807) is 4.68 Å². The number of rotatable bonds is 17. The van der Waals surface area contributed by atoms with Gasteiger partial charge in [0.1, 0.15) is 30.4 Å². The Bertz CT molecular complexity index is 2140. The molecule has 53 heavy (non-hydrogen) atoms. The fourth-order valence-electron chi connectivity index (χ4n) is 6.22. The third-order valence-corrected chi connectivity index (χ3v) is 8.89. The summed E-state index contributed by atoms with van der Waals surface area (Å²) in [6.07, 6.45) is 3.50. The summed E-state index contributed by atoms with van der Waals surface area (Å²) in [7, 11) is 0. The van der Waals surface area contributed by atoms with Crippen LogP contribution in [0.4, 0.5) is 4.79 Å². The first kappa shape index (κ1) is 36.7. The normalized spacial score (nSPS) is 11.8. The van der Waals surface area contributed by atoms with Gasteiger partial charge < -0.3 is 31.0 Å². The molecule has 6 aromatic rings. The fourth-order valence-corrected chi connectivity index (χ4v) is 6.22. The van der Waals surface area contributed by atoms with Crippen molar-refractivity contribution in [2.75, 3.05) is 13.2 Å². The molecule has 274 valence electrons. The second-order valence-corrected chi connectivity index (χ2v) is 13.4. The zero-order valence-corrected chi connectivity index (χ0v) is 30.3. The zero-order chi connectivity index (χ0) is 37.0. The molecule has 5 N–H and O–H groups in total. The van der Waals surface area contributed by atoms with Crippen molar-refractivity contribution in [3.63, 3.8) is 0 Å². The lowest BCUT2D eigenvalue weighted by molar-refractivity contribution is 0.133. The summed E-state index contributed by atoms with van der Waals surface area (Å²) in [6.45, 7) is 6.16. The molecule has 11 nitrogen and oxygen atoms in total. The predicted molar refractivity (Wildman–Crippen MR) is 210 cm³/mol. The maximum Gasteiger partial charge on any atom is 0.407 e. The summed E-state index contributed by atoms with van der Waals surface area (Å²) in [6, 6.07) is 34.2. The molecule has 0 spiro atoms. The van der Waals surface area contributed by atoms with Crippen molar-refractivity contribution in [3.8, 4) is 22.6 Å². The molecule has 0 aliphatic heterocycles. The fraction of sp³-hybridized carbons (Fsp3) is 0.286. The number of hydrogen-bond donors (Lipinski definition) is 3. The molecule has 5 aromatic carbocycles. The van der Waals surface area contributed by atoms with Crippen LogP contribution in [-0.4, -0.2) is 46.2 Å². The van der Waals surface area contributed by atoms with E-state index in [1.807, 2.05) is 60.8 Å². The van der Waals surface area contributed by atoms with E-state index in [1.165, 1.54) is 0 Å². The molecule has 0 saturated carbocycles. The van der Waals surface area contributed by atoms with Gasteiger partial charge in [-0.1, -0.05) is 110 Å². The third-order valence-electron chi connectivity index (χ3n) is 8.89. The van der Waals surface area contributed by atoms with Crippen molar-refractivity contribution >= 4 is 33.6 Å². The summed E-state index contributed by atoms with van der Waals surface area (Å²) in [5.41, 5.74) is 14.5. The summed E-state index contributed by atoms with van der Waals surface area (Å²) >= 11 is 0. The summed E-state index contributed by atoms with van der Waals surface area (Å²) in [4.78, 5) is 16.9. The Balaban J connectivity index is 1.22. The number of hydrogen-bond acceptors (Lipinski definition) is 7. The van der Waals surface area contributed by atoms with Crippen LogP contribution < -0.4 is 26.3 Å². The first-order valence-corrected chi connectivity index (χ1v) is 18.0. The lowest BCUT2D eigenvalue weighted by atomic mass is 9.92. The molecule has 1 amide bonds. The van der Waals surface area contributed by atoms with Crippen LogP contribution in [0.25, 0.3) is 32.7 Å². The standard InChI is InChI=1S/C42H47N7O4/c1-29(2)22-24-51-37-20-18-31-13-6-8-16-35(31)39(37)40-36-17-9-7-14-32(36)19-21-38(40)52-28-34-26-49(48-47-34)25-33(15-10-23-45-41(43)44)46-42(50)53-27-30-11-4-3-5-12-30/h3-9,11-14,16-21,26,29,33H,10,15,22-25,27-28H2,1-2H3,(H,46,50)(H4,43,44,45)/t33-/m1/s1. The Morgan fingerprint density at radius 1 is 0.792 bits per heavy atom. The smallest absolute Gasteiger partial charge is 0.407 e. The monoisotopic (exact) mass is 713 g/mol. The lowest BCUT2D eigenvalue weighted by Gasteiger charge is -2.20. The Morgan fingerprint density at radius 3 is 2.09 bits per heavy atom. The maximum atomic E-state index is 12.8. The van der Waals surface area contributed by atoms with Crippen LogP contribution in [-0.2, 0) is 24.5 Å². The van der Waals surface area contributed by atoms with Gasteiger partial charge in [0.15, 0.2) is 5.96 Å². The number of fused-ring (bicyclic) bond motifs is 2. The number of benzene rings is 5. The summed E-state index contributed by atoms with van der Waals surface area (Å²) < 4.78 is 20.3. The van der Waals surface area contributed by atoms with Gasteiger partial charge in [-0.05, 0) is 64.4 Å². The topological polar surface area (TPSA) is 152 Å². The Kier molecular flexibility index (Phi) is 12.4. The van der Waals surface area contributed by atoms with Gasteiger partial charge in [-0.2, -0.15) is 0 Å². The number of nitrogens with one attached hydrogen (secondary N) is 1. The van der Waals surface area contributed by atoms with Crippen molar-refractivity contribution in [2.45, 2.75) is 58.9 Å². The van der Waals surface area contributed by atoms with Crippen LogP contribution in [0.5, 0.6) is 11.5 Å². The number of amides is 1. The van der Waals surface area contributed by atoms with Gasteiger partial charge in [0.05, 0.1) is 25.4 Å². The first-order chi connectivity index (χ1) is 25.8. The number of alkyl carbamates (subject to hydrolysis) is 1. The second kappa shape index (κ2) is 17.9. The van der Waals surface area contributed by atoms with E-state index in [0.717, 1.165) is 50.4 Å². The molecular weight excluding hydrogens is 667 g/mol. The molecular formula is C42H47N7O4. The number of carbonyl (C=O) groups excluding carboxylic acids is 1. The maximum absolute atomic E-state index is 12.8. The number of carbonyl (C=O) groups is 1. The Hall–Kier alpha value is -6.10. The lowest BCUT2D eigenvalue weighted by Crippen LogP contribution is -2.38. The van der Waals surface area contributed by atoms with Gasteiger partial charge in [-0.25, -0.2) is 4.79 Å². The van der Waals surface area contributed by atoms with E-state index in [-0.39, 0.29) is 25.2 Å². The highest BCUT2D eigenvalue weighted by atomic mass is 16.5. The van der Waals surface area contributed by atoms with E-state index < -0.39 is 6.09 Å². The van der Waals surface area contributed by atoms with Gasteiger partial charge in [0, 0.05) is 17.7 Å². The molecule has 0 unspecified atom stereocenters. The average Bonchev–Trinajstić information content (AvgIpc) is 3.61. The Labute approximate surface area is 309 Å². The molecule has 0 aliphatic rings. The van der Waals surface area contributed by atoms with Crippen molar-refractivity contribution in [3.05, 3.63) is 121 Å². The second-order valence-electron chi connectivity index (χ2n) is 13.4. The van der Waals surface area contributed by atoms with Crippen LogP contribution in [0.2, 0.25) is 0 Å². The molecule has 0 saturated heterocycles. The van der Waals surface area contributed by atoms with Crippen molar-refractivity contribution in [1.29, 1.82) is 0 Å². The van der Waals surface area contributed by atoms with Gasteiger partial charge >= 0.3 is 6.09 Å². The minimum absolute atomic E-state index is 0.0302. The molecule has 11 heteroatoms. The van der Waals surface area contributed by atoms with Gasteiger partial charge in [-0.15, -0.1) is 5.10 Å². The number of aliphatic imine (C=N–C) groups is 1. The molecule has 1 atom stereocenters. The van der Waals surface area contributed by atoms with Crippen molar-refractivity contribution in [1.82, 2.24) is 20.3 Å². The highest BCUT2D eigenvalue weighted by Gasteiger charge is 2.20. The predicted octanol–water partition coefficient (Wildman–Crippen LogP) is 7.60. The number of ether oxygens (including phenoxy) is 3. The van der Waals surface area contributed by atoms with E-state index in [4.69, 9.17) is 25.7 Å². The number of nitrogens with zero attached hydrogens (tertiary/aromatic N) is 4. The third kappa shape index (κ3) is 10.0. The number of aromatic nitrogens is 3. The molecule has 1 heterocycles. The van der Waals surface area contributed by atoms with E-state index >= 15 is 0 Å². The molecule has 0 bridgehead atoms. The molecule has 0 radical (unpaired) electrons. The first-order valence-electron chi connectivity index (χ1n) is 18.0. The largest absolute Gasteiger partial charge is 0.493 e. The van der Waals surface area contributed by atoms with Crippen molar-refractivity contribution < 1.29 is 19.0 Å². The minimum Gasteiger partial charge on any atom is -0.493 e. The molecule has 0 aliphatic carbocycles. The van der Waals surface area contributed by atoms with Crippen LogP contribution >= 0.6 is 0 Å². The van der Waals surface area contributed by atoms with Crippen LogP contribution in [0.1, 0.15) is 44.4 Å². The Morgan fingerprint density at radius 2 is 1.43 bits per heavy atom. The van der Waals surface area contributed by atoms with Gasteiger partial charge in [0.2, 0.25) is 0 Å². The highest BCUT2D eigenvalue weighted by Crippen LogP contribution is 2.45. The summed E-state index contributed by atoms with van der Waals surface area (Å²) in [5.74, 6) is 2.08. The van der Waals surface area contributed by atoms with Gasteiger partial charge in [-0.3, -0.25) is 9.67 Å². The van der Waals surface area contributed by atoms with Crippen LogP contribution in [0.3, 0.4) is 0 Å². The number of nitrogens with two attached hydrogens (primary N) is 2. The molecule has 0 fully saturated rings. The zero-order valence-electron chi connectivity index (χ0n) is 30.3. The average molecular weight is 714 g/mol. The summed E-state index contributed by atoms with van der Waals surface area (Å²) in [5, 5.41) is 16.1. The quantitative estimate of drug-likeness (QED) is 0.0497. The number of guanidine groups is 1. The van der Waals surface area contributed by atoms with E-state index in [2.05, 4.69) is 83.0 Å². The highest BCUT2D eigenvalue weighted by molar-refractivity contribution is 6.09. The van der Waals surface area contributed by atoms with Crippen LogP contribution in [0.15, 0.2) is 114 Å². The van der Waals surface area contributed by atoms with Crippen molar-refractivity contribution in [2.24, 2.45) is 22.4 Å². The van der Waals surface area contributed by atoms with Crippen LogP contribution in [0, 0.1) is 5.92 Å². The van der Waals surface area contributed by atoms with E-state index in [9.17, 15) is 4.79 Å². The molecule has 6 rings (SSSR count). The molecule has 1 aromatic heterocycles. The SMILES string of the molecule is CC(C)CCOc1ccc2ccccc2c1-c1c(OCc2cn(C[C@@H](CCCN=C(N)N)NC(=O)OCc3ccccc3)nn2)ccc2ccccc12. The minimum atomic E-state index is -0.519.